The minimum atomic E-state index is -3.79. The average Bonchev–Trinajstić information content (AvgIpc) is 3.61. The molecule has 1 aromatic carbocycles. The highest BCUT2D eigenvalue weighted by atomic mass is 32.2. The van der Waals surface area contributed by atoms with E-state index in [1.165, 1.54) is 25.8 Å². The molecule has 218 valence electrons. The number of amides is 1. The number of alkyl halides is 2. The number of hydrogen-bond acceptors (Lipinski definition) is 8. The zero-order valence-electron chi connectivity index (χ0n) is 22.8. The van der Waals surface area contributed by atoms with E-state index >= 15 is 0 Å². The van der Waals surface area contributed by atoms with E-state index in [0.29, 0.717) is 34.0 Å². The van der Waals surface area contributed by atoms with E-state index in [1.807, 2.05) is 0 Å². The lowest BCUT2D eigenvalue weighted by Gasteiger charge is -2.35. The average molecular weight is 579 g/mol. The lowest BCUT2D eigenvalue weighted by atomic mass is 9.93. The summed E-state index contributed by atoms with van der Waals surface area (Å²) in [6.07, 6.45) is 2.88. The number of carbonyl (C=O) groups is 1. The number of sulfonamides is 1. The minimum Gasteiger partial charge on any atom is -0.392 e. The number of aromatic nitrogens is 2. The van der Waals surface area contributed by atoms with Gasteiger partial charge < -0.3 is 20.2 Å². The van der Waals surface area contributed by atoms with E-state index in [2.05, 4.69) is 24.9 Å². The van der Waals surface area contributed by atoms with Crippen LogP contribution in [-0.2, 0) is 10.0 Å². The molecule has 1 spiro atoms. The molecule has 1 aromatic heterocycles. The van der Waals surface area contributed by atoms with Crippen molar-refractivity contribution >= 4 is 39.1 Å². The third-order valence-electron chi connectivity index (χ3n) is 7.96. The fraction of sp³-hybridized carbons (Fsp3) is 0.593. The molecule has 1 aliphatic carbocycles. The number of aliphatic hydroxyl groups excluding tert-OH is 1. The highest BCUT2D eigenvalue weighted by Crippen LogP contribution is 2.54. The molecule has 40 heavy (non-hydrogen) atoms. The number of hydrogen-bond donors (Lipinski definition) is 3. The first-order valence-electron chi connectivity index (χ1n) is 13.7. The van der Waals surface area contributed by atoms with Crippen LogP contribution in [0.4, 0.5) is 31.9 Å². The zero-order chi connectivity index (χ0) is 28.7. The van der Waals surface area contributed by atoms with Gasteiger partial charge in [0.15, 0.2) is 0 Å². The number of benzene rings is 1. The Kier molecular flexibility index (Phi) is 7.64. The molecule has 13 heteroatoms. The summed E-state index contributed by atoms with van der Waals surface area (Å²) in [5.74, 6) is -3.01. The number of piperidine rings is 2. The molecule has 3 N–H and O–H groups in total. The third-order valence-corrected chi connectivity index (χ3v) is 9.43. The predicted octanol–water partition coefficient (Wildman–Crippen LogP) is 3.78. The van der Waals surface area contributed by atoms with E-state index in [0.717, 1.165) is 25.9 Å². The van der Waals surface area contributed by atoms with Crippen LogP contribution in [0.15, 0.2) is 24.3 Å². The monoisotopic (exact) mass is 578 g/mol. The Balaban J connectivity index is 1.39. The highest BCUT2D eigenvalue weighted by molar-refractivity contribution is 7.92. The second-order valence-corrected chi connectivity index (χ2v) is 13.2. The number of aryl methyl sites for hydroxylation is 1. The molecule has 2 saturated heterocycles. The summed E-state index contributed by atoms with van der Waals surface area (Å²) in [5.41, 5.74) is 2.27. The summed E-state index contributed by atoms with van der Waals surface area (Å²) in [6.45, 7) is 4.90. The van der Waals surface area contributed by atoms with Crippen molar-refractivity contribution in [1.29, 1.82) is 0 Å². The molecule has 1 unspecified atom stereocenters. The van der Waals surface area contributed by atoms with Crippen molar-refractivity contribution in [2.75, 3.05) is 51.8 Å². The topological polar surface area (TPSA) is 128 Å². The van der Waals surface area contributed by atoms with Crippen LogP contribution < -0.4 is 19.8 Å². The molecule has 5 rings (SSSR count). The van der Waals surface area contributed by atoms with Crippen LogP contribution in [-0.4, -0.2) is 73.4 Å². The van der Waals surface area contributed by atoms with Crippen LogP contribution in [0.25, 0.3) is 0 Å². The molecule has 1 atom stereocenters. The standard InChI is InChI=1S/C27H36F2N6O4S/c1-18-15-23(32-25(30-18)35-13-9-27(28,29)10-14-35)31-24(37)21-4-3-20(33-40(38,39)17-19(2)36)16-22(21)34-11-7-26(5-6-26)8-12-34/h3-4,15-16,19,33,36H,5-14,17H2,1-2H3,(H,30,31,32,37). The first-order chi connectivity index (χ1) is 18.8. The van der Waals surface area contributed by atoms with Crippen LogP contribution in [0.2, 0.25) is 0 Å². The number of anilines is 4. The van der Waals surface area contributed by atoms with Gasteiger partial charge in [-0.05, 0) is 63.1 Å². The quantitative estimate of drug-likeness (QED) is 0.432. The molecule has 3 fully saturated rings. The Bertz CT molecular complexity index is 1360. The number of aliphatic hydroxyl groups is 1. The Morgan fingerprint density at radius 1 is 1.02 bits per heavy atom. The molecule has 2 aliphatic heterocycles. The molecule has 0 bridgehead atoms. The number of halogens is 2. The maximum Gasteiger partial charge on any atom is 0.258 e. The lowest BCUT2D eigenvalue weighted by Crippen LogP contribution is -2.40. The first-order valence-corrected chi connectivity index (χ1v) is 15.3. The second kappa shape index (κ2) is 10.7. The van der Waals surface area contributed by atoms with Crippen molar-refractivity contribution in [3.8, 4) is 0 Å². The summed E-state index contributed by atoms with van der Waals surface area (Å²) in [6, 6.07) is 6.38. The molecule has 10 nitrogen and oxygen atoms in total. The van der Waals surface area contributed by atoms with Crippen LogP contribution in [0, 0.1) is 12.3 Å². The summed E-state index contributed by atoms with van der Waals surface area (Å²) in [7, 11) is -3.79. The Labute approximate surface area is 233 Å². The van der Waals surface area contributed by atoms with E-state index in [-0.39, 0.29) is 31.7 Å². The number of nitrogens with zero attached hydrogens (tertiary/aromatic N) is 4. The molecule has 1 amide bonds. The fourth-order valence-corrected chi connectivity index (χ4v) is 6.67. The van der Waals surface area contributed by atoms with Crippen LogP contribution in [0.1, 0.15) is 61.5 Å². The molecular formula is C27H36F2N6O4S. The van der Waals surface area contributed by atoms with Gasteiger partial charge in [0.05, 0.1) is 28.8 Å². The Hall–Kier alpha value is -3.06. The van der Waals surface area contributed by atoms with Crippen LogP contribution in [0.5, 0.6) is 0 Å². The van der Waals surface area contributed by atoms with Gasteiger partial charge >= 0.3 is 0 Å². The summed E-state index contributed by atoms with van der Waals surface area (Å²) in [4.78, 5) is 26.2. The van der Waals surface area contributed by atoms with Gasteiger partial charge in [-0.25, -0.2) is 22.2 Å². The molecule has 0 radical (unpaired) electrons. The van der Waals surface area contributed by atoms with Gasteiger partial charge in [0.25, 0.3) is 11.8 Å². The van der Waals surface area contributed by atoms with E-state index in [9.17, 15) is 27.1 Å². The number of nitrogens with one attached hydrogen (secondary N) is 2. The van der Waals surface area contributed by atoms with Crippen molar-refractivity contribution in [3.05, 3.63) is 35.5 Å². The van der Waals surface area contributed by atoms with Gasteiger partial charge in [-0.2, -0.15) is 4.98 Å². The minimum absolute atomic E-state index is 0.122. The fourth-order valence-electron chi connectivity index (χ4n) is 5.46. The predicted molar refractivity (Wildman–Crippen MR) is 150 cm³/mol. The SMILES string of the molecule is Cc1cc(NC(=O)c2ccc(NS(=O)(=O)CC(C)O)cc2N2CCC3(CC2)CC3)nc(N2CCC(F)(F)CC2)n1. The van der Waals surface area contributed by atoms with Gasteiger partial charge in [-0.15, -0.1) is 0 Å². The van der Waals surface area contributed by atoms with Gasteiger partial charge in [0, 0.05) is 50.8 Å². The molecule has 1 saturated carbocycles. The van der Waals surface area contributed by atoms with Gasteiger partial charge in [0.2, 0.25) is 16.0 Å². The van der Waals surface area contributed by atoms with Crippen molar-refractivity contribution in [3.63, 3.8) is 0 Å². The molecule has 3 aliphatic rings. The first kappa shape index (κ1) is 28.5. The van der Waals surface area contributed by atoms with Crippen molar-refractivity contribution < 1.29 is 27.1 Å². The lowest BCUT2D eigenvalue weighted by molar-refractivity contribution is -0.0222. The maximum absolute atomic E-state index is 13.6. The largest absolute Gasteiger partial charge is 0.392 e. The summed E-state index contributed by atoms with van der Waals surface area (Å²) >= 11 is 0. The smallest absolute Gasteiger partial charge is 0.258 e. The Morgan fingerprint density at radius 2 is 1.68 bits per heavy atom. The van der Waals surface area contributed by atoms with Gasteiger partial charge in [-0.3, -0.25) is 9.52 Å². The summed E-state index contributed by atoms with van der Waals surface area (Å²) in [5, 5.41) is 12.4. The maximum atomic E-state index is 13.6. The van der Waals surface area contributed by atoms with Crippen molar-refractivity contribution in [1.82, 2.24) is 9.97 Å². The van der Waals surface area contributed by atoms with Crippen LogP contribution >= 0.6 is 0 Å². The third kappa shape index (κ3) is 6.80. The van der Waals surface area contributed by atoms with Crippen LogP contribution in [0.3, 0.4) is 0 Å². The summed E-state index contributed by atoms with van der Waals surface area (Å²) < 4.78 is 54.7. The van der Waals surface area contributed by atoms with E-state index in [1.54, 1.807) is 30.0 Å². The highest BCUT2D eigenvalue weighted by Gasteiger charge is 2.44. The van der Waals surface area contributed by atoms with Crippen molar-refractivity contribution in [2.45, 2.75) is 64.4 Å². The zero-order valence-corrected chi connectivity index (χ0v) is 23.6. The Morgan fingerprint density at radius 3 is 2.30 bits per heavy atom. The number of carbonyl (C=O) groups excluding carboxylic acids is 1. The van der Waals surface area contributed by atoms with E-state index < -0.39 is 33.7 Å². The molecule has 3 heterocycles. The van der Waals surface area contributed by atoms with Crippen molar-refractivity contribution in [2.24, 2.45) is 5.41 Å². The second-order valence-electron chi connectivity index (χ2n) is 11.4. The normalized spacial score (nSPS) is 20.7. The molecular weight excluding hydrogens is 542 g/mol. The van der Waals surface area contributed by atoms with Gasteiger partial charge in [-0.1, -0.05) is 0 Å². The van der Waals surface area contributed by atoms with Gasteiger partial charge in [0.1, 0.15) is 5.82 Å². The van der Waals surface area contributed by atoms with E-state index in [4.69, 9.17) is 0 Å². The number of rotatable bonds is 8. The molecule has 2 aromatic rings.